The maximum Gasteiger partial charge on any atom is 0.323 e. The Hall–Kier alpha value is -3.22. The van der Waals surface area contributed by atoms with Gasteiger partial charge in [0.2, 0.25) is 0 Å². The highest BCUT2D eigenvalue weighted by Gasteiger charge is 2.16. The van der Waals surface area contributed by atoms with Crippen LogP contribution in [0, 0.1) is 5.82 Å². The fraction of sp³-hybridized carbons (Fsp3) is 0.250. The van der Waals surface area contributed by atoms with Gasteiger partial charge in [-0.3, -0.25) is 0 Å². The van der Waals surface area contributed by atoms with Crippen LogP contribution in [0.2, 0.25) is 0 Å². The van der Waals surface area contributed by atoms with E-state index >= 15 is 0 Å². The van der Waals surface area contributed by atoms with E-state index in [0.29, 0.717) is 11.4 Å². The highest BCUT2D eigenvalue weighted by Crippen LogP contribution is 2.25. The van der Waals surface area contributed by atoms with Crippen molar-refractivity contribution in [2.75, 3.05) is 10.6 Å². The molecule has 1 aliphatic heterocycles. The van der Waals surface area contributed by atoms with Crippen LogP contribution in [0.1, 0.15) is 25.1 Å². The van der Waals surface area contributed by atoms with Gasteiger partial charge in [-0.05, 0) is 49.2 Å². The Morgan fingerprint density at radius 2 is 1.78 bits per heavy atom. The standard InChI is InChI=1S/C20H20FN5O/c21-15-8-10-16(11-9-15)22-20(27)23-17-6-4-5-14(13-17)19-25-24-18-7-2-1-3-12-26(18)19/h4-6,8-11,13H,1-3,7,12H2,(H2,22,23,27). The van der Waals surface area contributed by atoms with Crippen LogP contribution in [0.3, 0.4) is 0 Å². The zero-order valence-electron chi connectivity index (χ0n) is 14.8. The Bertz CT molecular complexity index is 951. The second-order valence-electron chi connectivity index (χ2n) is 6.57. The molecule has 0 spiro atoms. The Balaban J connectivity index is 1.50. The minimum absolute atomic E-state index is 0.346. The molecule has 0 saturated heterocycles. The van der Waals surface area contributed by atoms with Gasteiger partial charge in [0.1, 0.15) is 11.6 Å². The molecular formula is C20H20FN5O. The number of amides is 2. The van der Waals surface area contributed by atoms with E-state index in [2.05, 4.69) is 25.4 Å². The molecule has 3 aromatic rings. The molecule has 0 unspecified atom stereocenters. The lowest BCUT2D eigenvalue weighted by Gasteiger charge is -2.10. The number of aromatic nitrogens is 3. The molecular weight excluding hydrogens is 345 g/mol. The molecule has 2 heterocycles. The normalized spacial score (nSPS) is 13.5. The number of hydrogen-bond donors (Lipinski definition) is 2. The highest BCUT2D eigenvalue weighted by molar-refractivity contribution is 6.00. The van der Waals surface area contributed by atoms with Crippen molar-refractivity contribution in [1.82, 2.24) is 14.8 Å². The number of fused-ring (bicyclic) bond motifs is 1. The third-order valence-electron chi connectivity index (χ3n) is 4.59. The molecule has 7 heteroatoms. The fourth-order valence-electron chi connectivity index (χ4n) is 3.26. The van der Waals surface area contributed by atoms with Gasteiger partial charge in [-0.15, -0.1) is 10.2 Å². The molecule has 0 fully saturated rings. The molecule has 1 aromatic heterocycles. The maximum atomic E-state index is 13.0. The molecule has 0 saturated carbocycles. The SMILES string of the molecule is O=C(Nc1ccc(F)cc1)Nc1cccc(-c2nnc3n2CCCCC3)c1. The zero-order valence-corrected chi connectivity index (χ0v) is 14.8. The molecule has 2 N–H and O–H groups in total. The Kier molecular flexibility index (Phi) is 4.82. The first-order chi connectivity index (χ1) is 13.2. The summed E-state index contributed by atoms with van der Waals surface area (Å²) >= 11 is 0. The second kappa shape index (κ2) is 7.57. The van der Waals surface area contributed by atoms with Crippen molar-refractivity contribution in [3.8, 4) is 11.4 Å². The number of benzene rings is 2. The summed E-state index contributed by atoms with van der Waals surface area (Å²) in [6.07, 6.45) is 4.41. The van der Waals surface area contributed by atoms with E-state index in [1.807, 2.05) is 24.3 Å². The first-order valence-corrected chi connectivity index (χ1v) is 9.05. The Morgan fingerprint density at radius 1 is 0.963 bits per heavy atom. The van der Waals surface area contributed by atoms with Crippen molar-refractivity contribution in [3.05, 3.63) is 60.2 Å². The highest BCUT2D eigenvalue weighted by atomic mass is 19.1. The van der Waals surface area contributed by atoms with E-state index < -0.39 is 0 Å². The van der Waals surface area contributed by atoms with Crippen LogP contribution < -0.4 is 10.6 Å². The predicted molar refractivity (Wildman–Crippen MR) is 102 cm³/mol. The number of rotatable bonds is 3. The second-order valence-corrected chi connectivity index (χ2v) is 6.57. The van der Waals surface area contributed by atoms with E-state index in [1.165, 1.54) is 30.7 Å². The van der Waals surface area contributed by atoms with Crippen molar-refractivity contribution < 1.29 is 9.18 Å². The number of carbonyl (C=O) groups excluding carboxylic acids is 1. The Labute approximate surface area is 156 Å². The monoisotopic (exact) mass is 365 g/mol. The summed E-state index contributed by atoms with van der Waals surface area (Å²) in [5.74, 6) is 1.51. The fourth-order valence-corrected chi connectivity index (χ4v) is 3.26. The first kappa shape index (κ1) is 17.2. The van der Waals surface area contributed by atoms with Gasteiger partial charge < -0.3 is 15.2 Å². The lowest BCUT2D eigenvalue weighted by molar-refractivity contribution is 0.262. The number of carbonyl (C=O) groups is 1. The number of aryl methyl sites for hydroxylation is 1. The minimum Gasteiger partial charge on any atom is -0.311 e. The molecule has 2 amide bonds. The molecule has 0 aliphatic carbocycles. The molecule has 0 atom stereocenters. The number of urea groups is 1. The predicted octanol–water partition coefficient (Wildman–Crippen LogP) is 4.45. The van der Waals surface area contributed by atoms with E-state index in [4.69, 9.17) is 0 Å². The third-order valence-corrected chi connectivity index (χ3v) is 4.59. The topological polar surface area (TPSA) is 71.8 Å². The van der Waals surface area contributed by atoms with Crippen LogP contribution in [-0.4, -0.2) is 20.8 Å². The van der Waals surface area contributed by atoms with Crippen LogP contribution in [0.4, 0.5) is 20.6 Å². The summed E-state index contributed by atoms with van der Waals surface area (Å²) in [5.41, 5.74) is 2.08. The van der Waals surface area contributed by atoms with Gasteiger partial charge in [0, 0.05) is 29.9 Å². The number of anilines is 2. The summed E-state index contributed by atoms with van der Waals surface area (Å²) in [5, 5.41) is 14.2. The first-order valence-electron chi connectivity index (χ1n) is 9.05. The van der Waals surface area contributed by atoms with E-state index in [-0.39, 0.29) is 11.8 Å². The molecule has 138 valence electrons. The van der Waals surface area contributed by atoms with Crippen LogP contribution >= 0.6 is 0 Å². The maximum absolute atomic E-state index is 13.0. The van der Waals surface area contributed by atoms with Crippen molar-refractivity contribution in [3.63, 3.8) is 0 Å². The molecule has 27 heavy (non-hydrogen) atoms. The zero-order chi connectivity index (χ0) is 18.6. The van der Waals surface area contributed by atoms with Gasteiger partial charge in [0.05, 0.1) is 0 Å². The lowest BCUT2D eigenvalue weighted by atomic mass is 10.2. The Morgan fingerprint density at radius 3 is 2.63 bits per heavy atom. The molecule has 4 rings (SSSR count). The summed E-state index contributed by atoms with van der Waals surface area (Å²) in [4.78, 5) is 12.2. The molecule has 1 aliphatic rings. The molecule has 0 radical (unpaired) electrons. The van der Waals surface area contributed by atoms with Gasteiger partial charge in [-0.2, -0.15) is 0 Å². The number of nitrogens with one attached hydrogen (secondary N) is 2. The van der Waals surface area contributed by atoms with Crippen LogP contribution in [0.5, 0.6) is 0 Å². The van der Waals surface area contributed by atoms with E-state index in [9.17, 15) is 9.18 Å². The minimum atomic E-state index is -0.390. The molecule has 2 aromatic carbocycles. The number of nitrogens with zero attached hydrogens (tertiary/aromatic N) is 3. The summed E-state index contributed by atoms with van der Waals surface area (Å²) < 4.78 is 15.1. The summed E-state index contributed by atoms with van der Waals surface area (Å²) in [6, 6.07) is 12.8. The average molecular weight is 365 g/mol. The molecule has 6 nitrogen and oxygen atoms in total. The number of halogens is 1. The summed E-state index contributed by atoms with van der Waals surface area (Å²) in [7, 11) is 0. The lowest BCUT2D eigenvalue weighted by Crippen LogP contribution is -2.19. The van der Waals surface area contributed by atoms with Gasteiger partial charge in [0.25, 0.3) is 0 Å². The van der Waals surface area contributed by atoms with E-state index in [1.54, 1.807) is 0 Å². The third kappa shape index (κ3) is 3.97. The van der Waals surface area contributed by atoms with E-state index in [0.717, 1.165) is 43.0 Å². The molecule has 0 bridgehead atoms. The summed E-state index contributed by atoms with van der Waals surface area (Å²) in [6.45, 7) is 0.917. The van der Waals surface area contributed by atoms with Crippen molar-refractivity contribution in [2.45, 2.75) is 32.2 Å². The largest absolute Gasteiger partial charge is 0.323 e. The van der Waals surface area contributed by atoms with Crippen molar-refractivity contribution in [2.24, 2.45) is 0 Å². The van der Waals surface area contributed by atoms with Gasteiger partial charge in [0.15, 0.2) is 5.82 Å². The smallest absolute Gasteiger partial charge is 0.311 e. The van der Waals surface area contributed by atoms with Gasteiger partial charge in [-0.1, -0.05) is 18.6 Å². The van der Waals surface area contributed by atoms with Crippen LogP contribution in [0.25, 0.3) is 11.4 Å². The van der Waals surface area contributed by atoms with Crippen LogP contribution in [-0.2, 0) is 13.0 Å². The van der Waals surface area contributed by atoms with Crippen LogP contribution in [0.15, 0.2) is 48.5 Å². The van der Waals surface area contributed by atoms with Gasteiger partial charge in [-0.25, -0.2) is 9.18 Å². The number of hydrogen-bond acceptors (Lipinski definition) is 3. The van der Waals surface area contributed by atoms with Crippen molar-refractivity contribution >= 4 is 17.4 Å². The average Bonchev–Trinajstić information content (AvgIpc) is 2.92. The van der Waals surface area contributed by atoms with Crippen molar-refractivity contribution in [1.29, 1.82) is 0 Å². The van der Waals surface area contributed by atoms with Gasteiger partial charge >= 0.3 is 6.03 Å². The quantitative estimate of drug-likeness (QED) is 0.720.